The zero-order valence-corrected chi connectivity index (χ0v) is 11.3. The summed E-state index contributed by atoms with van der Waals surface area (Å²) in [4.78, 5) is 32.0. The lowest BCUT2D eigenvalue weighted by Gasteiger charge is -2.03. The molecule has 0 saturated carbocycles. The lowest BCUT2D eigenvalue weighted by molar-refractivity contribution is -0.384. The van der Waals surface area contributed by atoms with Crippen molar-refractivity contribution in [2.24, 2.45) is 0 Å². The predicted molar refractivity (Wildman–Crippen MR) is 75.2 cm³/mol. The van der Waals surface area contributed by atoms with Gasteiger partial charge in [-0.3, -0.25) is 25.0 Å². The first-order chi connectivity index (χ1) is 9.97. The van der Waals surface area contributed by atoms with Crippen molar-refractivity contribution in [2.45, 2.75) is 6.54 Å². The molecule has 2 aromatic rings. The number of hydrogen-bond donors (Lipinski definition) is 1. The lowest BCUT2D eigenvalue weighted by atomic mass is 10.2. The molecule has 0 atom stereocenters. The second-order valence-corrected chi connectivity index (χ2v) is 5.06. The van der Waals surface area contributed by atoms with Gasteiger partial charge in [0.25, 0.3) is 11.6 Å². The second kappa shape index (κ2) is 6.09. The number of nitrogens with zero attached hydrogens (tertiary/aromatic N) is 2. The van der Waals surface area contributed by atoms with Gasteiger partial charge in [0.15, 0.2) is 0 Å². The van der Waals surface area contributed by atoms with E-state index in [-0.39, 0.29) is 22.1 Å². The number of nitro groups is 2. The molecule has 0 fully saturated rings. The minimum atomic E-state index is -0.558. The number of non-ortho nitro benzene ring substituents is 1. The van der Waals surface area contributed by atoms with Crippen LogP contribution in [0.5, 0.6) is 0 Å². The third-order valence-electron chi connectivity index (χ3n) is 2.60. The third-order valence-corrected chi connectivity index (χ3v) is 3.63. The maximum absolute atomic E-state index is 11.8. The van der Waals surface area contributed by atoms with Gasteiger partial charge in [0.05, 0.1) is 14.7 Å². The van der Waals surface area contributed by atoms with Crippen molar-refractivity contribution in [2.75, 3.05) is 0 Å². The Hall–Kier alpha value is -2.81. The number of carbonyl (C=O) groups is 1. The van der Waals surface area contributed by atoms with Crippen molar-refractivity contribution >= 4 is 27.9 Å². The molecule has 0 aliphatic heterocycles. The van der Waals surface area contributed by atoms with E-state index in [0.29, 0.717) is 5.56 Å². The van der Waals surface area contributed by atoms with Gasteiger partial charge in [0.1, 0.15) is 0 Å². The predicted octanol–water partition coefficient (Wildman–Crippen LogP) is 2.49. The number of nitrogens with one attached hydrogen (secondary N) is 1. The average Bonchev–Trinajstić information content (AvgIpc) is 2.95. The fourth-order valence-electron chi connectivity index (χ4n) is 1.55. The number of nitro benzene ring substituents is 1. The van der Waals surface area contributed by atoms with Crippen LogP contribution in [0.15, 0.2) is 36.4 Å². The first-order valence-corrected chi connectivity index (χ1v) is 6.55. The first-order valence-electron chi connectivity index (χ1n) is 5.73. The van der Waals surface area contributed by atoms with Gasteiger partial charge < -0.3 is 5.32 Å². The van der Waals surface area contributed by atoms with Crippen molar-refractivity contribution < 1.29 is 14.6 Å². The van der Waals surface area contributed by atoms with E-state index in [1.807, 2.05) is 0 Å². The summed E-state index contributed by atoms with van der Waals surface area (Å²) in [5.74, 6) is -0.425. The molecule has 108 valence electrons. The largest absolute Gasteiger partial charge is 0.347 e. The monoisotopic (exact) mass is 307 g/mol. The van der Waals surface area contributed by atoms with E-state index in [2.05, 4.69) is 5.32 Å². The highest BCUT2D eigenvalue weighted by molar-refractivity contribution is 7.17. The molecule has 0 bridgehead atoms. The Labute approximate surface area is 122 Å². The molecule has 2 rings (SSSR count). The quantitative estimate of drug-likeness (QED) is 0.673. The highest BCUT2D eigenvalue weighted by Gasteiger charge is 2.15. The van der Waals surface area contributed by atoms with Gasteiger partial charge in [-0.1, -0.05) is 23.5 Å². The number of carbonyl (C=O) groups excluding carboxylic acids is 1. The van der Waals surface area contributed by atoms with Crippen LogP contribution in [0.25, 0.3) is 0 Å². The Balaban J connectivity index is 1.97. The summed E-state index contributed by atoms with van der Waals surface area (Å²) in [5.41, 5.74) is 0.666. The minimum Gasteiger partial charge on any atom is -0.347 e. The van der Waals surface area contributed by atoms with E-state index in [1.165, 1.54) is 36.4 Å². The van der Waals surface area contributed by atoms with Gasteiger partial charge in [0, 0.05) is 24.7 Å². The summed E-state index contributed by atoms with van der Waals surface area (Å²) in [5, 5.41) is 23.5. The van der Waals surface area contributed by atoms with Crippen molar-refractivity contribution in [1.29, 1.82) is 0 Å². The molecular formula is C12H9N3O5S. The van der Waals surface area contributed by atoms with Crippen LogP contribution in [0.2, 0.25) is 0 Å². The molecular weight excluding hydrogens is 298 g/mol. The first kappa shape index (κ1) is 14.6. The Morgan fingerprint density at radius 3 is 2.24 bits per heavy atom. The molecule has 9 heteroatoms. The van der Waals surface area contributed by atoms with Crippen LogP contribution in [0.3, 0.4) is 0 Å². The Morgan fingerprint density at radius 1 is 1.05 bits per heavy atom. The molecule has 0 saturated heterocycles. The van der Waals surface area contributed by atoms with E-state index in [4.69, 9.17) is 0 Å². The number of hydrogen-bond acceptors (Lipinski definition) is 6. The summed E-state index contributed by atoms with van der Waals surface area (Å²) in [7, 11) is 0. The van der Waals surface area contributed by atoms with E-state index in [1.54, 1.807) is 0 Å². The maximum Gasteiger partial charge on any atom is 0.324 e. The lowest BCUT2D eigenvalue weighted by Crippen LogP contribution is -2.21. The molecule has 1 amide bonds. The topological polar surface area (TPSA) is 115 Å². The van der Waals surface area contributed by atoms with E-state index in [9.17, 15) is 25.0 Å². The van der Waals surface area contributed by atoms with Gasteiger partial charge in [0.2, 0.25) is 0 Å². The van der Waals surface area contributed by atoms with Crippen molar-refractivity contribution in [3.05, 3.63) is 67.1 Å². The summed E-state index contributed by atoms with van der Waals surface area (Å²) in [6.45, 7) is 0.183. The molecule has 1 heterocycles. The van der Waals surface area contributed by atoms with E-state index < -0.39 is 15.8 Å². The van der Waals surface area contributed by atoms with Crippen molar-refractivity contribution in [3.8, 4) is 0 Å². The SMILES string of the molecule is O=C(NCc1ccc([N+](=O)[O-])cc1)c1ccc([N+](=O)[O-])s1. The summed E-state index contributed by atoms with van der Waals surface area (Å²) < 4.78 is 0. The van der Waals surface area contributed by atoms with Crippen LogP contribution in [-0.2, 0) is 6.54 Å². The summed E-state index contributed by atoms with van der Waals surface area (Å²) in [6, 6.07) is 8.42. The standard InChI is InChI=1S/C12H9N3O5S/c16-12(10-5-6-11(21-10)15(19)20)13-7-8-1-3-9(4-2-8)14(17)18/h1-6H,7H2,(H,13,16). The van der Waals surface area contributed by atoms with Crippen LogP contribution in [-0.4, -0.2) is 15.8 Å². The van der Waals surface area contributed by atoms with Gasteiger partial charge in [-0.2, -0.15) is 0 Å². The van der Waals surface area contributed by atoms with Crippen LogP contribution in [0, 0.1) is 20.2 Å². The molecule has 0 spiro atoms. The minimum absolute atomic E-state index is 0.0287. The Bertz CT molecular complexity index is 695. The van der Waals surface area contributed by atoms with E-state index in [0.717, 1.165) is 11.3 Å². The third kappa shape index (κ3) is 3.60. The van der Waals surface area contributed by atoms with Gasteiger partial charge in [-0.15, -0.1) is 0 Å². The highest BCUT2D eigenvalue weighted by atomic mass is 32.1. The Kier molecular flexibility index (Phi) is 4.24. The van der Waals surface area contributed by atoms with Crippen LogP contribution in [0.4, 0.5) is 10.7 Å². The number of thiophene rings is 1. The normalized spacial score (nSPS) is 10.1. The summed E-state index contributed by atoms with van der Waals surface area (Å²) >= 11 is 0.790. The maximum atomic E-state index is 11.8. The van der Waals surface area contributed by atoms with E-state index >= 15 is 0 Å². The van der Waals surface area contributed by atoms with Crippen molar-refractivity contribution in [3.63, 3.8) is 0 Å². The van der Waals surface area contributed by atoms with Gasteiger partial charge in [-0.05, 0) is 11.6 Å². The number of benzene rings is 1. The highest BCUT2D eigenvalue weighted by Crippen LogP contribution is 2.23. The molecule has 21 heavy (non-hydrogen) atoms. The molecule has 8 nitrogen and oxygen atoms in total. The average molecular weight is 307 g/mol. The zero-order chi connectivity index (χ0) is 15.4. The van der Waals surface area contributed by atoms with Gasteiger partial charge in [-0.25, -0.2) is 0 Å². The summed E-state index contributed by atoms with van der Waals surface area (Å²) in [6.07, 6.45) is 0. The van der Waals surface area contributed by atoms with Crippen LogP contribution < -0.4 is 5.32 Å². The number of rotatable bonds is 5. The molecule has 0 unspecified atom stereocenters. The fraction of sp³-hybridized carbons (Fsp3) is 0.0833. The molecule has 1 aromatic carbocycles. The zero-order valence-electron chi connectivity index (χ0n) is 10.5. The molecule has 0 aliphatic carbocycles. The van der Waals surface area contributed by atoms with Crippen LogP contribution in [0.1, 0.15) is 15.2 Å². The molecule has 1 aromatic heterocycles. The van der Waals surface area contributed by atoms with Crippen LogP contribution >= 0.6 is 11.3 Å². The molecule has 0 radical (unpaired) electrons. The smallest absolute Gasteiger partial charge is 0.324 e. The number of amides is 1. The van der Waals surface area contributed by atoms with Gasteiger partial charge >= 0.3 is 5.00 Å². The fourth-order valence-corrected chi connectivity index (χ4v) is 2.29. The molecule has 0 aliphatic rings. The second-order valence-electron chi connectivity index (χ2n) is 4.00. The molecule has 1 N–H and O–H groups in total. The van der Waals surface area contributed by atoms with Crippen molar-refractivity contribution in [1.82, 2.24) is 5.32 Å². The Morgan fingerprint density at radius 2 is 1.71 bits per heavy atom.